The molecule has 0 atom stereocenters. The lowest BCUT2D eigenvalue weighted by Gasteiger charge is -2.19. The van der Waals surface area contributed by atoms with Crippen molar-refractivity contribution in [3.63, 3.8) is 0 Å². The summed E-state index contributed by atoms with van der Waals surface area (Å²) in [6, 6.07) is 3.26. The Bertz CT molecular complexity index is 505. The number of amides is 1. The zero-order chi connectivity index (χ0) is 15.3. The number of pyridine rings is 1. The quantitative estimate of drug-likeness (QED) is 0.476. The van der Waals surface area contributed by atoms with Gasteiger partial charge in [-0.1, -0.05) is 29.4 Å². The van der Waals surface area contributed by atoms with E-state index in [0.717, 1.165) is 17.3 Å². The van der Waals surface area contributed by atoms with E-state index in [1.54, 1.807) is 18.4 Å². The summed E-state index contributed by atoms with van der Waals surface area (Å²) in [5.74, 6) is -2.12. The molecule has 20 heavy (non-hydrogen) atoms. The third kappa shape index (κ3) is 5.01. The van der Waals surface area contributed by atoms with E-state index in [-0.39, 0.29) is 11.7 Å². The smallest absolute Gasteiger partial charge is 0.350 e. The summed E-state index contributed by atoms with van der Waals surface area (Å²) in [4.78, 5) is 19.2. The van der Waals surface area contributed by atoms with Gasteiger partial charge in [0.25, 0.3) is 0 Å². The van der Waals surface area contributed by atoms with Crippen LogP contribution in [0.3, 0.4) is 0 Å². The van der Waals surface area contributed by atoms with Gasteiger partial charge in [-0.2, -0.15) is 18.2 Å². The summed E-state index contributed by atoms with van der Waals surface area (Å²) in [6.07, 6.45) is -1.93. The number of carbonyl (C=O) groups excluding carboxylic acids is 1. The van der Waals surface area contributed by atoms with E-state index in [1.165, 1.54) is 18.1 Å². The normalized spacial score (nSPS) is 12.4. The summed E-state index contributed by atoms with van der Waals surface area (Å²) in [5.41, 5.74) is 0.734. The van der Waals surface area contributed by atoms with Crippen LogP contribution in [0.4, 0.5) is 13.2 Å². The molecule has 0 unspecified atom stereocenters. The summed E-state index contributed by atoms with van der Waals surface area (Å²) in [6.45, 7) is 0.259. The second kappa shape index (κ2) is 6.94. The Hall–Kier alpha value is -1.28. The van der Waals surface area contributed by atoms with E-state index >= 15 is 0 Å². The Morgan fingerprint density at radius 2 is 2.15 bits per heavy atom. The number of alkyl halides is 3. The Balaban J connectivity index is 2.82. The number of nitrogens with zero attached hydrogens (tertiary/aromatic N) is 3. The van der Waals surface area contributed by atoms with Crippen molar-refractivity contribution < 1.29 is 18.0 Å². The Kier molecular flexibility index (Phi) is 5.82. The molecule has 1 rings (SSSR count). The molecule has 1 heterocycles. The van der Waals surface area contributed by atoms with Crippen LogP contribution in [0.25, 0.3) is 0 Å². The van der Waals surface area contributed by atoms with Gasteiger partial charge in [0.1, 0.15) is 5.15 Å². The van der Waals surface area contributed by atoms with Crippen molar-refractivity contribution >= 4 is 34.4 Å². The highest BCUT2D eigenvalue weighted by Crippen LogP contribution is 2.18. The SMILES string of the molecule is CS/C(=N\C(=O)C(F)(F)F)N(C)Cc1ccc(Cl)nc1. The first-order chi connectivity index (χ1) is 9.24. The summed E-state index contributed by atoms with van der Waals surface area (Å²) in [5, 5.41) is 0.296. The average Bonchev–Trinajstić information content (AvgIpc) is 2.37. The van der Waals surface area contributed by atoms with Gasteiger partial charge in [-0.05, 0) is 17.9 Å². The molecule has 1 aromatic rings. The van der Waals surface area contributed by atoms with E-state index < -0.39 is 12.1 Å². The average molecular weight is 326 g/mol. The number of aromatic nitrogens is 1. The van der Waals surface area contributed by atoms with Crippen molar-refractivity contribution in [2.75, 3.05) is 13.3 Å². The van der Waals surface area contributed by atoms with Gasteiger partial charge in [-0.25, -0.2) is 4.98 Å². The minimum absolute atomic E-state index is 0.0257. The number of hydrogen-bond donors (Lipinski definition) is 0. The molecule has 0 aromatic carbocycles. The Morgan fingerprint density at radius 1 is 1.50 bits per heavy atom. The lowest BCUT2D eigenvalue weighted by molar-refractivity contribution is -0.169. The minimum atomic E-state index is -4.97. The van der Waals surface area contributed by atoms with Crippen molar-refractivity contribution in [1.82, 2.24) is 9.88 Å². The Labute approximate surface area is 123 Å². The molecule has 1 amide bonds. The van der Waals surface area contributed by atoms with Crippen molar-refractivity contribution in [3.8, 4) is 0 Å². The van der Waals surface area contributed by atoms with Crippen molar-refractivity contribution in [3.05, 3.63) is 29.0 Å². The predicted molar refractivity (Wildman–Crippen MR) is 72.7 cm³/mol. The maximum atomic E-state index is 12.2. The molecule has 0 spiro atoms. The second-order valence-corrected chi connectivity index (χ2v) is 4.91. The van der Waals surface area contributed by atoms with Gasteiger partial charge < -0.3 is 4.90 Å². The molecule has 0 N–H and O–H groups in total. The van der Waals surface area contributed by atoms with Crippen LogP contribution in [0.5, 0.6) is 0 Å². The van der Waals surface area contributed by atoms with E-state index in [9.17, 15) is 18.0 Å². The second-order valence-electron chi connectivity index (χ2n) is 3.75. The van der Waals surface area contributed by atoms with Gasteiger partial charge >= 0.3 is 12.1 Å². The Morgan fingerprint density at radius 3 is 2.60 bits per heavy atom. The first kappa shape index (κ1) is 16.8. The summed E-state index contributed by atoms with van der Waals surface area (Å²) >= 11 is 6.59. The fourth-order valence-corrected chi connectivity index (χ4v) is 1.94. The number of hydrogen-bond acceptors (Lipinski definition) is 3. The first-order valence-corrected chi connectivity index (χ1v) is 6.89. The first-order valence-electron chi connectivity index (χ1n) is 5.29. The number of aliphatic imine (C=N–C) groups is 1. The summed E-state index contributed by atoms with van der Waals surface area (Å²) < 4.78 is 36.5. The van der Waals surface area contributed by atoms with Crippen LogP contribution in [0, 0.1) is 0 Å². The monoisotopic (exact) mass is 325 g/mol. The highest BCUT2D eigenvalue weighted by Gasteiger charge is 2.39. The highest BCUT2D eigenvalue weighted by atomic mass is 35.5. The maximum absolute atomic E-state index is 12.2. The molecule has 0 aliphatic carbocycles. The van der Waals surface area contributed by atoms with Gasteiger partial charge in [0, 0.05) is 19.8 Å². The van der Waals surface area contributed by atoms with Gasteiger partial charge in [0.05, 0.1) is 0 Å². The third-order valence-corrected chi connectivity index (χ3v) is 3.15. The standard InChI is InChI=1S/C11H11ClF3N3OS/c1-18(6-7-3-4-8(12)16-5-7)10(20-2)17-9(19)11(13,14)15/h3-5H,6H2,1-2H3/b17-10-. The summed E-state index contributed by atoms with van der Waals surface area (Å²) in [7, 11) is 1.54. The topological polar surface area (TPSA) is 45.6 Å². The van der Waals surface area contributed by atoms with Crippen molar-refractivity contribution in [2.45, 2.75) is 12.7 Å². The number of halogens is 4. The fourth-order valence-electron chi connectivity index (χ4n) is 1.28. The number of carbonyl (C=O) groups is 1. The van der Waals surface area contributed by atoms with Gasteiger partial charge in [-0.3, -0.25) is 4.79 Å². The molecular weight excluding hydrogens is 315 g/mol. The number of rotatable bonds is 2. The molecule has 4 nitrogen and oxygen atoms in total. The predicted octanol–water partition coefficient (Wildman–Crippen LogP) is 2.97. The molecule has 0 radical (unpaired) electrons. The van der Waals surface area contributed by atoms with Crippen LogP contribution < -0.4 is 0 Å². The van der Waals surface area contributed by atoms with Crippen LogP contribution in [-0.4, -0.2) is 40.4 Å². The molecular formula is C11H11ClF3N3OS. The van der Waals surface area contributed by atoms with Gasteiger partial charge in [0.15, 0.2) is 5.17 Å². The molecule has 110 valence electrons. The molecule has 9 heteroatoms. The van der Waals surface area contributed by atoms with E-state index in [4.69, 9.17) is 11.6 Å². The maximum Gasteiger partial charge on any atom is 0.473 e. The highest BCUT2D eigenvalue weighted by molar-refractivity contribution is 8.13. The van der Waals surface area contributed by atoms with E-state index in [2.05, 4.69) is 9.98 Å². The van der Waals surface area contributed by atoms with Crippen LogP contribution in [0.1, 0.15) is 5.56 Å². The molecule has 0 aliphatic rings. The lowest BCUT2D eigenvalue weighted by Crippen LogP contribution is -2.28. The van der Waals surface area contributed by atoms with E-state index in [1.807, 2.05) is 0 Å². The molecule has 1 aromatic heterocycles. The van der Waals surface area contributed by atoms with Crippen LogP contribution in [0.2, 0.25) is 5.15 Å². The largest absolute Gasteiger partial charge is 0.473 e. The van der Waals surface area contributed by atoms with Gasteiger partial charge in [0.2, 0.25) is 0 Å². The fraction of sp³-hybridized carbons (Fsp3) is 0.364. The number of thioether (sulfide) groups is 1. The lowest BCUT2D eigenvalue weighted by atomic mass is 10.3. The zero-order valence-corrected chi connectivity index (χ0v) is 12.2. The molecule has 0 bridgehead atoms. The molecule has 0 fully saturated rings. The zero-order valence-electron chi connectivity index (χ0n) is 10.6. The van der Waals surface area contributed by atoms with Gasteiger partial charge in [-0.15, -0.1) is 0 Å². The number of amidine groups is 1. The molecule has 0 aliphatic heterocycles. The van der Waals surface area contributed by atoms with Crippen molar-refractivity contribution in [1.29, 1.82) is 0 Å². The molecule has 0 saturated carbocycles. The third-order valence-electron chi connectivity index (χ3n) is 2.16. The minimum Gasteiger partial charge on any atom is -0.350 e. The van der Waals surface area contributed by atoms with Crippen LogP contribution in [-0.2, 0) is 11.3 Å². The van der Waals surface area contributed by atoms with Crippen molar-refractivity contribution in [2.24, 2.45) is 4.99 Å². The molecule has 0 saturated heterocycles. The van der Waals surface area contributed by atoms with Crippen LogP contribution >= 0.6 is 23.4 Å². The van der Waals surface area contributed by atoms with E-state index in [0.29, 0.717) is 5.15 Å². The van der Waals surface area contributed by atoms with Crippen LogP contribution in [0.15, 0.2) is 23.3 Å².